The molecule has 0 spiro atoms. The highest BCUT2D eigenvalue weighted by Crippen LogP contribution is 2.28. The second-order valence-corrected chi connectivity index (χ2v) is 6.35. The molecule has 1 aromatic carbocycles. The lowest BCUT2D eigenvalue weighted by atomic mass is 9.91. The van der Waals surface area contributed by atoms with Crippen molar-refractivity contribution < 1.29 is 0 Å². The summed E-state index contributed by atoms with van der Waals surface area (Å²) in [5.74, 6) is 0.505. The molecule has 1 aromatic heterocycles. The van der Waals surface area contributed by atoms with E-state index in [2.05, 4.69) is 69.9 Å². The molecule has 1 heterocycles. The van der Waals surface area contributed by atoms with E-state index in [-0.39, 0.29) is 0 Å². The molecule has 3 heteroatoms. The summed E-state index contributed by atoms with van der Waals surface area (Å²) in [6.07, 6.45) is 1.06. The number of nitrogens with one attached hydrogen (secondary N) is 1. The van der Waals surface area contributed by atoms with Gasteiger partial charge >= 0.3 is 0 Å². The van der Waals surface area contributed by atoms with Gasteiger partial charge in [0.05, 0.1) is 0 Å². The van der Waals surface area contributed by atoms with Crippen LogP contribution in [0.15, 0.2) is 46.3 Å². The minimum absolute atomic E-state index is 0.461. The maximum atomic E-state index is 3.61. The minimum Gasteiger partial charge on any atom is -0.316 e. The lowest BCUT2D eigenvalue weighted by molar-refractivity contribution is 0.485. The van der Waals surface area contributed by atoms with Crippen LogP contribution in [0.5, 0.6) is 0 Å². The fourth-order valence-electron chi connectivity index (χ4n) is 2.19. The zero-order chi connectivity index (χ0) is 13.0. The summed E-state index contributed by atoms with van der Waals surface area (Å²) in [6, 6.07) is 13.3. The number of thiophene rings is 1. The van der Waals surface area contributed by atoms with Crippen LogP contribution in [0, 0.1) is 0 Å². The van der Waals surface area contributed by atoms with Crippen molar-refractivity contribution in [3.8, 4) is 0 Å². The van der Waals surface area contributed by atoms with Crippen LogP contribution >= 0.6 is 27.3 Å². The van der Waals surface area contributed by atoms with Crippen LogP contribution in [0.3, 0.4) is 0 Å². The Morgan fingerprint density at radius 3 is 2.50 bits per heavy atom. The van der Waals surface area contributed by atoms with Crippen LogP contribution in [0.2, 0.25) is 0 Å². The number of rotatable bonds is 5. The summed E-state index contributed by atoms with van der Waals surface area (Å²) in [4.78, 5) is 1.41. The zero-order valence-electron chi connectivity index (χ0n) is 10.7. The highest BCUT2D eigenvalue weighted by atomic mass is 79.9. The molecule has 18 heavy (non-hydrogen) atoms. The van der Waals surface area contributed by atoms with Gasteiger partial charge in [-0.1, -0.05) is 37.3 Å². The fourth-order valence-corrected chi connectivity index (χ4v) is 3.76. The van der Waals surface area contributed by atoms with E-state index in [4.69, 9.17) is 0 Å². The summed E-state index contributed by atoms with van der Waals surface area (Å²) < 4.78 is 1.23. The van der Waals surface area contributed by atoms with Crippen molar-refractivity contribution in [3.63, 3.8) is 0 Å². The monoisotopic (exact) mass is 323 g/mol. The molecule has 2 rings (SSSR count). The van der Waals surface area contributed by atoms with E-state index < -0.39 is 0 Å². The van der Waals surface area contributed by atoms with Gasteiger partial charge in [-0.25, -0.2) is 0 Å². The smallest absolute Gasteiger partial charge is 0.0314 e. The van der Waals surface area contributed by atoms with Crippen molar-refractivity contribution in [3.05, 3.63) is 56.7 Å². The number of hydrogen-bond acceptors (Lipinski definition) is 2. The first-order valence-corrected chi connectivity index (χ1v) is 7.83. The molecule has 1 nitrogen and oxygen atoms in total. The van der Waals surface area contributed by atoms with Gasteiger partial charge in [0.2, 0.25) is 0 Å². The van der Waals surface area contributed by atoms with E-state index in [9.17, 15) is 0 Å². The second kappa shape index (κ2) is 6.50. The quantitative estimate of drug-likeness (QED) is 0.857. The molecule has 0 aliphatic rings. The average molecular weight is 324 g/mol. The zero-order valence-corrected chi connectivity index (χ0v) is 13.1. The third kappa shape index (κ3) is 3.22. The molecule has 0 radical (unpaired) electrons. The van der Waals surface area contributed by atoms with Crippen molar-refractivity contribution in [1.29, 1.82) is 0 Å². The maximum absolute atomic E-state index is 3.61. The molecule has 2 unspecified atom stereocenters. The maximum Gasteiger partial charge on any atom is 0.0314 e. The van der Waals surface area contributed by atoms with Crippen molar-refractivity contribution in [2.75, 3.05) is 7.05 Å². The van der Waals surface area contributed by atoms with Crippen LogP contribution in [0.4, 0.5) is 0 Å². The highest BCUT2D eigenvalue weighted by molar-refractivity contribution is 9.10. The van der Waals surface area contributed by atoms with E-state index in [0.29, 0.717) is 12.0 Å². The fraction of sp³-hybridized carbons (Fsp3) is 0.333. The Bertz CT molecular complexity index is 480. The minimum atomic E-state index is 0.461. The molecule has 0 aliphatic heterocycles. The standard InChI is InChI=1S/C15H18BrNS/c1-11(12-6-4-3-5-7-12)14(17-2)10-15-13(16)8-9-18-15/h3-9,11,14,17H,10H2,1-2H3. The predicted octanol–water partition coefficient (Wildman–Crippen LogP) is 4.44. The number of benzene rings is 1. The molecule has 0 saturated heterocycles. The van der Waals surface area contributed by atoms with E-state index in [1.165, 1.54) is 14.9 Å². The predicted molar refractivity (Wildman–Crippen MR) is 83.4 cm³/mol. The van der Waals surface area contributed by atoms with Crippen LogP contribution in [-0.4, -0.2) is 13.1 Å². The van der Waals surface area contributed by atoms with E-state index in [1.54, 1.807) is 0 Å². The number of hydrogen-bond donors (Lipinski definition) is 1. The third-order valence-electron chi connectivity index (χ3n) is 3.40. The van der Waals surface area contributed by atoms with Gasteiger partial charge in [0.25, 0.3) is 0 Å². The molecule has 1 N–H and O–H groups in total. The molecule has 0 fully saturated rings. The Kier molecular flexibility index (Phi) is 4.98. The van der Waals surface area contributed by atoms with Gasteiger partial charge in [0.1, 0.15) is 0 Å². The first kappa shape index (κ1) is 13.8. The second-order valence-electron chi connectivity index (χ2n) is 4.49. The summed E-state index contributed by atoms with van der Waals surface area (Å²) in [7, 11) is 2.05. The van der Waals surface area contributed by atoms with E-state index in [1.807, 2.05) is 18.4 Å². The molecule has 2 aromatic rings. The molecule has 0 amide bonds. The summed E-state index contributed by atoms with van der Waals surface area (Å²) in [6.45, 7) is 2.29. The molecule has 0 aliphatic carbocycles. The molecule has 0 bridgehead atoms. The molecular formula is C15H18BrNS. The van der Waals surface area contributed by atoms with Gasteiger partial charge in [-0.3, -0.25) is 0 Å². The average Bonchev–Trinajstić information content (AvgIpc) is 2.81. The van der Waals surface area contributed by atoms with E-state index in [0.717, 1.165) is 6.42 Å². The van der Waals surface area contributed by atoms with Gasteiger partial charge in [-0.2, -0.15) is 0 Å². The summed E-state index contributed by atoms with van der Waals surface area (Å²) >= 11 is 5.43. The normalized spacial score (nSPS) is 14.4. The van der Waals surface area contributed by atoms with Crippen molar-refractivity contribution in [1.82, 2.24) is 5.32 Å². The third-order valence-corrected chi connectivity index (χ3v) is 5.34. The summed E-state index contributed by atoms with van der Waals surface area (Å²) in [5.41, 5.74) is 1.39. The summed E-state index contributed by atoms with van der Waals surface area (Å²) in [5, 5.41) is 5.59. The van der Waals surface area contributed by atoms with Crippen molar-refractivity contribution in [2.45, 2.75) is 25.3 Å². The number of halogens is 1. The van der Waals surface area contributed by atoms with Gasteiger partial charge < -0.3 is 5.32 Å². The largest absolute Gasteiger partial charge is 0.316 e. The molecule has 96 valence electrons. The topological polar surface area (TPSA) is 12.0 Å². The van der Waals surface area contributed by atoms with Crippen LogP contribution in [-0.2, 0) is 6.42 Å². The SMILES string of the molecule is CNC(Cc1sccc1Br)C(C)c1ccccc1. The van der Waals surface area contributed by atoms with Crippen LogP contribution < -0.4 is 5.32 Å². The number of likely N-dealkylation sites (N-methyl/N-ethyl adjacent to an activating group) is 1. The molecule has 0 saturated carbocycles. The Morgan fingerprint density at radius 1 is 1.22 bits per heavy atom. The Labute approximate surface area is 121 Å². The molecular weight excluding hydrogens is 306 g/mol. The lowest BCUT2D eigenvalue weighted by Crippen LogP contribution is -2.32. The first-order valence-electron chi connectivity index (χ1n) is 6.16. The van der Waals surface area contributed by atoms with E-state index >= 15 is 0 Å². The van der Waals surface area contributed by atoms with Crippen molar-refractivity contribution >= 4 is 27.3 Å². The first-order chi connectivity index (χ1) is 8.72. The van der Waals surface area contributed by atoms with Gasteiger partial charge in [0, 0.05) is 15.4 Å². The van der Waals surface area contributed by atoms with Gasteiger partial charge in [-0.15, -0.1) is 11.3 Å². The van der Waals surface area contributed by atoms with Gasteiger partial charge in [0.15, 0.2) is 0 Å². The van der Waals surface area contributed by atoms with Crippen LogP contribution in [0.1, 0.15) is 23.3 Å². The van der Waals surface area contributed by atoms with Crippen molar-refractivity contribution in [2.24, 2.45) is 0 Å². The Balaban J connectivity index is 2.12. The lowest BCUT2D eigenvalue weighted by Gasteiger charge is -2.23. The Morgan fingerprint density at radius 2 is 1.94 bits per heavy atom. The van der Waals surface area contributed by atoms with Gasteiger partial charge in [-0.05, 0) is 52.3 Å². The molecule has 2 atom stereocenters. The highest BCUT2D eigenvalue weighted by Gasteiger charge is 2.19. The Hall–Kier alpha value is -0.640. The van der Waals surface area contributed by atoms with Crippen LogP contribution in [0.25, 0.3) is 0 Å².